The van der Waals surface area contributed by atoms with E-state index < -0.39 is 0 Å². The summed E-state index contributed by atoms with van der Waals surface area (Å²) in [6.07, 6.45) is 6.74. The van der Waals surface area contributed by atoms with E-state index in [0.717, 1.165) is 30.8 Å². The fourth-order valence-electron chi connectivity index (χ4n) is 1.01. The van der Waals surface area contributed by atoms with E-state index >= 15 is 0 Å². The highest BCUT2D eigenvalue weighted by molar-refractivity contribution is 8.93. The van der Waals surface area contributed by atoms with Gasteiger partial charge in [-0.05, 0) is 12.8 Å². The predicted molar refractivity (Wildman–Crippen MR) is 76.5 cm³/mol. The van der Waals surface area contributed by atoms with E-state index in [1.54, 1.807) is 6.20 Å². The quantitative estimate of drug-likeness (QED) is 0.429. The van der Waals surface area contributed by atoms with Crippen molar-refractivity contribution >= 4 is 50.9 Å². The summed E-state index contributed by atoms with van der Waals surface area (Å²) in [7, 11) is 0. The monoisotopic (exact) mass is 358 g/mol. The number of hydrogen-bond acceptors (Lipinski definition) is 3. The first-order valence-electron chi connectivity index (χ1n) is 4.24. The van der Waals surface area contributed by atoms with Gasteiger partial charge in [0.25, 0.3) is 0 Å². The fraction of sp³-hybridized carbons (Fsp3) is 0.500. The van der Waals surface area contributed by atoms with Crippen LogP contribution in [-0.4, -0.2) is 20.9 Å². The van der Waals surface area contributed by atoms with Gasteiger partial charge in [0.2, 0.25) is 0 Å². The number of aromatic amines is 1. The second-order valence-corrected chi connectivity index (χ2v) is 3.84. The smallest absolute Gasteiger partial charge is 0.151 e. The number of hydrogen-bond donors (Lipinski definition) is 3. The summed E-state index contributed by atoms with van der Waals surface area (Å²) in [5, 5.41) is 7.20. The number of nitrogens with one attached hydrogen (secondary N) is 2. The maximum atomic E-state index is 6.99. The molecule has 0 saturated carbocycles. The third kappa shape index (κ3) is 8.95. The lowest BCUT2D eigenvalue weighted by Crippen LogP contribution is -2.04. The van der Waals surface area contributed by atoms with Gasteiger partial charge in [-0.1, -0.05) is 11.8 Å². The van der Waals surface area contributed by atoms with Gasteiger partial charge in [0.1, 0.15) is 5.82 Å². The average Bonchev–Trinajstić information content (AvgIpc) is 2.55. The molecule has 1 aromatic heterocycles. The summed E-state index contributed by atoms with van der Waals surface area (Å²) in [4.78, 5) is 7.17. The van der Waals surface area contributed by atoms with Crippen molar-refractivity contribution in [3.63, 3.8) is 0 Å². The third-order valence-electron chi connectivity index (χ3n) is 1.62. The van der Waals surface area contributed by atoms with Gasteiger partial charge in [0.05, 0.1) is 0 Å². The minimum Gasteiger partial charge on any atom is -0.379 e. The molecule has 0 saturated heterocycles. The SMILES string of the molecule is Br.Br.N=C(N)SCCCCc1ncc[nH]1. The molecule has 1 aromatic rings. The minimum absolute atomic E-state index is 0. The van der Waals surface area contributed by atoms with Crippen LogP contribution in [0.1, 0.15) is 18.7 Å². The molecule has 0 atom stereocenters. The Morgan fingerprint density at radius 1 is 1.47 bits per heavy atom. The van der Waals surface area contributed by atoms with Gasteiger partial charge in [-0.3, -0.25) is 5.41 Å². The Hall–Kier alpha value is -0.0100. The molecule has 0 spiro atoms. The van der Waals surface area contributed by atoms with E-state index in [9.17, 15) is 0 Å². The van der Waals surface area contributed by atoms with Crippen LogP contribution in [0.15, 0.2) is 12.4 Å². The highest BCUT2D eigenvalue weighted by Gasteiger charge is 1.95. The first-order valence-corrected chi connectivity index (χ1v) is 5.22. The van der Waals surface area contributed by atoms with Crippen molar-refractivity contribution in [1.29, 1.82) is 5.41 Å². The second kappa shape index (κ2) is 10.5. The lowest BCUT2D eigenvalue weighted by molar-refractivity contribution is 0.769. The van der Waals surface area contributed by atoms with Crippen LogP contribution < -0.4 is 5.73 Å². The normalized spacial score (nSPS) is 8.80. The number of imidazole rings is 1. The first kappa shape index (κ1) is 17.4. The molecule has 88 valence electrons. The second-order valence-electron chi connectivity index (χ2n) is 2.71. The summed E-state index contributed by atoms with van der Waals surface area (Å²) in [6.45, 7) is 0. The Labute approximate surface area is 115 Å². The van der Waals surface area contributed by atoms with E-state index in [1.165, 1.54) is 11.8 Å². The minimum atomic E-state index is 0. The average molecular weight is 360 g/mol. The van der Waals surface area contributed by atoms with Crippen molar-refractivity contribution in [2.75, 3.05) is 5.75 Å². The van der Waals surface area contributed by atoms with Gasteiger partial charge >= 0.3 is 0 Å². The summed E-state index contributed by atoms with van der Waals surface area (Å²) in [5.41, 5.74) is 5.20. The van der Waals surface area contributed by atoms with E-state index in [2.05, 4.69) is 9.97 Å². The molecule has 0 fully saturated rings. The van der Waals surface area contributed by atoms with Crippen molar-refractivity contribution in [1.82, 2.24) is 9.97 Å². The van der Waals surface area contributed by atoms with Crippen LogP contribution in [0.25, 0.3) is 0 Å². The molecule has 1 heterocycles. The molecule has 0 aliphatic heterocycles. The maximum absolute atomic E-state index is 6.99. The summed E-state index contributed by atoms with van der Waals surface area (Å²) >= 11 is 1.40. The fourth-order valence-corrected chi connectivity index (χ4v) is 1.58. The lowest BCUT2D eigenvalue weighted by Gasteiger charge is -1.98. The topological polar surface area (TPSA) is 78.6 Å². The molecule has 4 nitrogen and oxygen atoms in total. The molecule has 0 amide bonds. The van der Waals surface area contributed by atoms with Gasteiger partial charge in [-0.15, -0.1) is 34.0 Å². The Bertz CT molecular complexity index is 253. The van der Waals surface area contributed by atoms with Crippen LogP contribution in [0.3, 0.4) is 0 Å². The number of nitrogens with zero attached hydrogens (tertiary/aromatic N) is 1. The molecule has 1 rings (SSSR count). The Kier molecular flexibility index (Phi) is 12.2. The number of aromatic nitrogens is 2. The van der Waals surface area contributed by atoms with Crippen molar-refractivity contribution in [2.24, 2.45) is 5.73 Å². The van der Waals surface area contributed by atoms with E-state index in [4.69, 9.17) is 11.1 Å². The Morgan fingerprint density at radius 2 is 2.20 bits per heavy atom. The predicted octanol–water partition coefficient (Wildman–Crippen LogP) is 2.51. The van der Waals surface area contributed by atoms with Gasteiger partial charge in [-0.25, -0.2) is 4.98 Å². The van der Waals surface area contributed by atoms with Crippen molar-refractivity contribution in [3.05, 3.63) is 18.2 Å². The zero-order chi connectivity index (χ0) is 9.52. The van der Waals surface area contributed by atoms with Crippen LogP contribution in [0, 0.1) is 5.41 Å². The van der Waals surface area contributed by atoms with Crippen molar-refractivity contribution < 1.29 is 0 Å². The number of thioether (sulfide) groups is 1. The van der Waals surface area contributed by atoms with Crippen LogP contribution in [0.5, 0.6) is 0 Å². The Morgan fingerprint density at radius 3 is 2.73 bits per heavy atom. The largest absolute Gasteiger partial charge is 0.379 e. The van der Waals surface area contributed by atoms with E-state index in [0.29, 0.717) is 0 Å². The van der Waals surface area contributed by atoms with Crippen molar-refractivity contribution in [3.8, 4) is 0 Å². The molecular formula is C8H16Br2N4S. The van der Waals surface area contributed by atoms with E-state index in [-0.39, 0.29) is 39.1 Å². The van der Waals surface area contributed by atoms with Gasteiger partial charge < -0.3 is 10.7 Å². The van der Waals surface area contributed by atoms with Crippen molar-refractivity contribution in [2.45, 2.75) is 19.3 Å². The molecule has 15 heavy (non-hydrogen) atoms. The number of nitrogens with two attached hydrogens (primary N) is 1. The molecule has 0 aliphatic carbocycles. The molecule has 7 heteroatoms. The van der Waals surface area contributed by atoms with Crippen LogP contribution >= 0.6 is 45.7 Å². The maximum Gasteiger partial charge on any atom is 0.151 e. The van der Waals surface area contributed by atoms with Gasteiger partial charge in [0, 0.05) is 24.6 Å². The number of aryl methyl sites for hydroxylation is 1. The van der Waals surface area contributed by atoms with Crippen LogP contribution in [-0.2, 0) is 6.42 Å². The van der Waals surface area contributed by atoms with Gasteiger partial charge in [0.15, 0.2) is 5.17 Å². The van der Waals surface area contributed by atoms with Gasteiger partial charge in [-0.2, -0.15) is 0 Å². The molecule has 0 bridgehead atoms. The molecule has 0 radical (unpaired) electrons. The summed E-state index contributed by atoms with van der Waals surface area (Å²) < 4.78 is 0. The summed E-state index contributed by atoms with van der Waals surface area (Å²) in [5.74, 6) is 1.96. The zero-order valence-electron chi connectivity index (χ0n) is 8.23. The summed E-state index contributed by atoms with van der Waals surface area (Å²) in [6, 6.07) is 0. The zero-order valence-corrected chi connectivity index (χ0v) is 12.5. The molecule has 4 N–H and O–H groups in total. The third-order valence-corrected chi connectivity index (χ3v) is 2.42. The molecule has 0 unspecified atom stereocenters. The number of H-pyrrole nitrogens is 1. The molecule has 0 aliphatic rings. The lowest BCUT2D eigenvalue weighted by atomic mass is 10.2. The Balaban J connectivity index is 0. The molecular weight excluding hydrogens is 344 g/mol. The van der Waals surface area contributed by atoms with E-state index in [1.807, 2.05) is 6.20 Å². The number of amidine groups is 1. The highest BCUT2D eigenvalue weighted by Crippen LogP contribution is 2.05. The molecule has 0 aromatic carbocycles. The number of rotatable bonds is 5. The van der Waals surface area contributed by atoms with Crippen LogP contribution in [0.2, 0.25) is 0 Å². The number of unbranched alkanes of at least 4 members (excludes halogenated alkanes) is 1. The van der Waals surface area contributed by atoms with Crippen LogP contribution in [0.4, 0.5) is 0 Å². The first-order chi connectivity index (χ1) is 6.29. The number of halogens is 2. The highest BCUT2D eigenvalue weighted by atomic mass is 79.9. The standard InChI is InChI=1S/C8H14N4S.2BrH/c9-8(10)13-6-2-1-3-7-11-4-5-12-7;;/h4-5H,1-3,6H2,(H3,9,10)(H,11,12);2*1H.